The summed E-state index contributed by atoms with van der Waals surface area (Å²) in [6.45, 7) is 4.05. The molecule has 0 unspecified atom stereocenters. The smallest absolute Gasteiger partial charge is 0.244 e. The molecule has 0 fully saturated rings. The Labute approximate surface area is 101 Å². The molecule has 0 atom stereocenters. The molecule has 0 saturated heterocycles. The summed E-state index contributed by atoms with van der Waals surface area (Å²) in [6.07, 6.45) is 3.03. The van der Waals surface area contributed by atoms with Crippen LogP contribution in [0.3, 0.4) is 0 Å². The standard InChI is InChI=1S/C13H17FN2O/c1-13(2,9-15)16-12(17)8-5-10-3-6-11(14)7-4-10/h3-8H,9,15H2,1-2H3,(H,16,17). The van der Waals surface area contributed by atoms with Crippen LogP contribution in [0.2, 0.25) is 0 Å². The Bertz CT molecular complexity index is 410. The molecule has 0 bridgehead atoms. The number of nitrogens with two attached hydrogens (primary N) is 1. The van der Waals surface area contributed by atoms with E-state index in [1.807, 2.05) is 13.8 Å². The maximum atomic E-state index is 12.6. The molecule has 4 heteroatoms. The Morgan fingerprint density at radius 3 is 2.53 bits per heavy atom. The van der Waals surface area contributed by atoms with Crippen LogP contribution in [0.25, 0.3) is 6.08 Å². The first-order valence-electron chi connectivity index (χ1n) is 5.39. The summed E-state index contributed by atoms with van der Waals surface area (Å²) in [5.74, 6) is -0.513. The van der Waals surface area contributed by atoms with Crippen LogP contribution in [0.1, 0.15) is 19.4 Å². The van der Waals surface area contributed by atoms with Crippen LogP contribution in [0, 0.1) is 5.82 Å². The van der Waals surface area contributed by atoms with Gasteiger partial charge in [0.15, 0.2) is 0 Å². The molecule has 1 amide bonds. The number of hydrogen-bond acceptors (Lipinski definition) is 2. The van der Waals surface area contributed by atoms with Gasteiger partial charge < -0.3 is 11.1 Å². The normalized spacial score (nSPS) is 11.8. The Kier molecular flexibility index (Phi) is 4.40. The molecular weight excluding hydrogens is 219 g/mol. The first-order valence-corrected chi connectivity index (χ1v) is 5.39. The number of hydrogen-bond donors (Lipinski definition) is 2. The lowest BCUT2D eigenvalue weighted by Crippen LogP contribution is -2.48. The summed E-state index contributed by atoms with van der Waals surface area (Å²) in [5, 5.41) is 2.76. The highest BCUT2D eigenvalue weighted by Gasteiger charge is 2.16. The van der Waals surface area contributed by atoms with E-state index in [9.17, 15) is 9.18 Å². The lowest BCUT2D eigenvalue weighted by molar-refractivity contribution is -0.117. The molecule has 1 rings (SSSR count). The lowest BCUT2D eigenvalue weighted by Gasteiger charge is -2.23. The van der Waals surface area contributed by atoms with Crippen molar-refractivity contribution in [2.45, 2.75) is 19.4 Å². The first kappa shape index (κ1) is 13.4. The van der Waals surface area contributed by atoms with Crippen LogP contribution in [-0.4, -0.2) is 18.0 Å². The highest BCUT2D eigenvalue weighted by atomic mass is 19.1. The molecule has 3 N–H and O–H groups in total. The van der Waals surface area contributed by atoms with Crippen molar-refractivity contribution in [1.29, 1.82) is 0 Å². The van der Waals surface area contributed by atoms with Gasteiger partial charge in [-0.25, -0.2) is 4.39 Å². The second-order valence-corrected chi connectivity index (χ2v) is 4.46. The van der Waals surface area contributed by atoms with E-state index in [1.165, 1.54) is 18.2 Å². The van der Waals surface area contributed by atoms with Gasteiger partial charge in [-0.3, -0.25) is 4.79 Å². The predicted octanol–water partition coefficient (Wildman–Crippen LogP) is 1.69. The Balaban J connectivity index is 2.60. The van der Waals surface area contributed by atoms with Gasteiger partial charge in [0.25, 0.3) is 0 Å². The van der Waals surface area contributed by atoms with Crippen molar-refractivity contribution >= 4 is 12.0 Å². The molecule has 0 spiro atoms. The highest BCUT2D eigenvalue weighted by molar-refractivity contribution is 5.92. The minimum atomic E-state index is -0.426. The van der Waals surface area contributed by atoms with Gasteiger partial charge in [0.1, 0.15) is 5.82 Å². The molecule has 0 aliphatic carbocycles. The molecule has 92 valence electrons. The third-order valence-electron chi connectivity index (χ3n) is 2.27. The van der Waals surface area contributed by atoms with E-state index in [-0.39, 0.29) is 11.7 Å². The van der Waals surface area contributed by atoms with Crippen LogP contribution < -0.4 is 11.1 Å². The molecule has 0 aliphatic rings. The van der Waals surface area contributed by atoms with Gasteiger partial charge in [-0.05, 0) is 37.6 Å². The van der Waals surface area contributed by atoms with Crippen LogP contribution in [0.15, 0.2) is 30.3 Å². The van der Waals surface area contributed by atoms with E-state index in [1.54, 1.807) is 18.2 Å². The Morgan fingerprint density at radius 1 is 1.41 bits per heavy atom. The fourth-order valence-electron chi connectivity index (χ4n) is 1.17. The monoisotopic (exact) mass is 236 g/mol. The molecule has 0 aromatic heterocycles. The molecular formula is C13H17FN2O. The zero-order valence-electron chi connectivity index (χ0n) is 10.0. The van der Waals surface area contributed by atoms with Crippen molar-refractivity contribution < 1.29 is 9.18 Å². The fourth-order valence-corrected chi connectivity index (χ4v) is 1.17. The minimum absolute atomic E-state index is 0.218. The highest BCUT2D eigenvalue weighted by Crippen LogP contribution is 2.05. The zero-order chi connectivity index (χ0) is 12.9. The van der Waals surface area contributed by atoms with E-state index in [4.69, 9.17) is 5.73 Å². The quantitative estimate of drug-likeness (QED) is 0.782. The van der Waals surface area contributed by atoms with Crippen LogP contribution in [0.5, 0.6) is 0 Å². The molecule has 0 saturated carbocycles. The molecule has 0 heterocycles. The van der Waals surface area contributed by atoms with Gasteiger partial charge in [-0.2, -0.15) is 0 Å². The number of amides is 1. The maximum absolute atomic E-state index is 12.6. The predicted molar refractivity (Wildman–Crippen MR) is 66.7 cm³/mol. The summed E-state index contributed by atoms with van der Waals surface area (Å²) < 4.78 is 12.6. The number of rotatable bonds is 4. The second kappa shape index (κ2) is 5.59. The van der Waals surface area contributed by atoms with Crippen molar-refractivity contribution in [3.05, 3.63) is 41.7 Å². The number of carbonyl (C=O) groups excluding carboxylic acids is 1. The molecule has 0 aliphatic heterocycles. The summed E-state index contributed by atoms with van der Waals surface area (Å²) >= 11 is 0. The first-order chi connectivity index (χ1) is 7.93. The largest absolute Gasteiger partial charge is 0.346 e. The zero-order valence-corrected chi connectivity index (χ0v) is 10.0. The van der Waals surface area contributed by atoms with Gasteiger partial charge in [-0.1, -0.05) is 12.1 Å². The van der Waals surface area contributed by atoms with Crippen molar-refractivity contribution in [2.75, 3.05) is 6.54 Å². The molecule has 17 heavy (non-hydrogen) atoms. The minimum Gasteiger partial charge on any atom is -0.346 e. The van der Waals surface area contributed by atoms with E-state index in [0.717, 1.165) is 5.56 Å². The maximum Gasteiger partial charge on any atom is 0.244 e. The van der Waals surface area contributed by atoms with Crippen LogP contribution >= 0.6 is 0 Å². The van der Waals surface area contributed by atoms with Crippen molar-refractivity contribution in [3.63, 3.8) is 0 Å². The molecule has 1 aromatic carbocycles. The van der Waals surface area contributed by atoms with Gasteiger partial charge >= 0.3 is 0 Å². The average Bonchev–Trinajstić information content (AvgIpc) is 2.28. The summed E-state index contributed by atoms with van der Waals surface area (Å²) in [5.41, 5.74) is 5.84. The number of nitrogens with one attached hydrogen (secondary N) is 1. The van der Waals surface area contributed by atoms with Crippen molar-refractivity contribution in [3.8, 4) is 0 Å². The molecule has 0 radical (unpaired) electrons. The third-order valence-corrected chi connectivity index (χ3v) is 2.27. The van der Waals surface area contributed by atoms with E-state index >= 15 is 0 Å². The average molecular weight is 236 g/mol. The third kappa shape index (κ3) is 4.78. The lowest BCUT2D eigenvalue weighted by atomic mass is 10.1. The van der Waals surface area contributed by atoms with Gasteiger partial charge in [0.2, 0.25) is 5.91 Å². The Hall–Kier alpha value is -1.68. The summed E-state index contributed by atoms with van der Waals surface area (Å²) in [7, 11) is 0. The summed E-state index contributed by atoms with van der Waals surface area (Å²) in [6, 6.07) is 5.91. The van der Waals surface area contributed by atoms with E-state index in [2.05, 4.69) is 5.32 Å². The number of carbonyl (C=O) groups is 1. The van der Waals surface area contributed by atoms with Crippen LogP contribution in [-0.2, 0) is 4.79 Å². The van der Waals surface area contributed by atoms with E-state index < -0.39 is 5.54 Å². The van der Waals surface area contributed by atoms with Crippen molar-refractivity contribution in [2.24, 2.45) is 5.73 Å². The van der Waals surface area contributed by atoms with E-state index in [0.29, 0.717) is 6.54 Å². The van der Waals surface area contributed by atoms with Gasteiger partial charge in [0, 0.05) is 18.2 Å². The number of benzene rings is 1. The van der Waals surface area contributed by atoms with Gasteiger partial charge in [0.05, 0.1) is 0 Å². The molecule has 1 aromatic rings. The topological polar surface area (TPSA) is 55.1 Å². The van der Waals surface area contributed by atoms with Gasteiger partial charge in [-0.15, -0.1) is 0 Å². The number of halogens is 1. The molecule has 3 nitrogen and oxygen atoms in total. The Morgan fingerprint density at radius 2 is 2.00 bits per heavy atom. The second-order valence-electron chi connectivity index (χ2n) is 4.46. The fraction of sp³-hybridized carbons (Fsp3) is 0.308. The van der Waals surface area contributed by atoms with Crippen LogP contribution in [0.4, 0.5) is 4.39 Å². The summed E-state index contributed by atoms with van der Waals surface area (Å²) in [4.78, 5) is 11.5. The SMILES string of the molecule is CC(C)(CN)NC(=O)C=Cc1ccc(F)cc1. The van der Waals surface area contributed by atoms with Crippen molar-refractivity contribution in [1.82, 2.24) is 5.32 Å².